The fraction of sp³-hybridized carbons (Fsp3) is 0.467. The lowest BCUT2D eigenvalue weighted by molar-refractivity contribution is -0.130. The Morgan fingerprint density at radius 2 is 2.10 bits per heavy atom. The molecule has 1 amide bonds. The fourth-order valence-electron chi connectivity index (χ4n) is 2.44. The third-order valence-electron chi connectivity index (χ3n) is 3.80. The van der Waals surface area contributed by atoms with E-state index in [4.69, 9.17) is 5.73 Å². The molecule has 5 heteroatoms. The number of aliphatic imine (C=N–C) groups is 1. The molecule has 5 nitrogen and oxygen atoms in total. The first-order valence-corrected chi connectivity index (χ1v) is 7.13. The predicted octanol–water partition coefficient (Wildman–Crippen LogP) is 0.638. The van der Waals surface area contributed by atoms with E-state index in [-0.39, 0.29) is 12.5 Å². The van der Waals surface area contributed by atoms with Crippen LogP contribution < -0.4 is 11.1 Å². The predicted molar refractivity (Wildman–Crippen MR) is 78.2 cm³/mol. The van der Waals surface area contributed by atoms with Gasteiger partial charge in [-0.25, -0.2) is 4.99 Å². The molecule has 1 aliphatic heterocycles. The molecule has 3 N–H and O–H groups in total. The third-order valence-corrected chi connectivity index (χ3v) is 3.80. The summed E-state index contributed by atoms with van der Waals surface area (Å²) in [5.74, 6) is 0.429. The van der Waals surface area contributed by atoms with Crippen LogP contribution in [-0.4, -0.2) is 35.9 Å². The van der Waals surface area contributed by atoms with Crippen LogP contribution in [0.25, 0.3) is 0 Å². The van der Waals surface area contributed by atoms with E-state index in [1.807, 2.05) is 17.0 Å². The van der Waals surface area contributed by atoms with Gasteiger partial charge in [-0.3, -0.25) is 4.79 Å². The number of nitrogens with zero attached hydrogens (tertiary/aromatic N) is 2. The van der Waals surface area contributed by atoms with Gasteiger partial charge in [-0.15, -0.1) is 0 Å². The molecule has 0 spiro atoms. The maximum absolute atomic E-state index is 12.1. The number of hydrogen-bond acceptors (Lipinski definition) is 2. The van der Waals surface area contributed by atoms with E-state index in [0.717, 1.165) is 25.8 Å². The molecule has 1 aromatic carbocycles. The van der Waals surface area contributed by atoms with E-state index in [2.05, 4.69) is 22.4 Å². The summed E-state index contributed by atoms with van der Waals surface area (Å²) in [6.07, 6.45) is 3.21. The summed E-state index contributed by atoms with van der Waals surface area (Å²) < 4.78 is 0. The number of carbonyl (C=O) groups is 1. The molecule has 0 unspecified atom stereocenters. The number of guanidine groups is 1. The van der Waals surface area contributed by atoms with Gasteiger partial charge in [0.05, 0.1) is 0 Å². The Hall–Kier alpha value is -2.04. The largest absolute Gasteiger partial charge is 0.370 e. The van der Waals surface area contributed by atoms with Crippen LogP contribution in [0.4, 0.5) is 0 Å². The molecule has 3 rings (SSSR count). The number of carbonyl (C=O) groups excluding carboxylic acids is 1. The van der Waals surface area contributed by atoms with Crippen molar-refractivity contribution in [3.63, 3.8) is 0 Å². The van der Waals surface area contributed by atoms with Gasteiger partial charge in [0.1, 0.15) is 6.54 Å². The second-order valence-electron chi connectivity index (χ2n) is 5.45. The molecule has 1 saturated carbocycles. The Bertz CT molecular complexity index is 536. The van der Waals surface area contributed by atoms with Crippen molar-refractivity contribution in [3.8, 4) is 0 Å². The van der Waals surface area contributed by atoms with Crippen LogP contribution >= 0.6 is 0 Å². The van der Waals surface area contributed by atoms with Gasteiger partial charge in [-0.1, -0.05) is 24.3 Å². The molecule has 0 atom stereocenters. The number of amides is 1. The zero-order valence-corrected chi connectivity index (χ0v) is 11.5. The van der Waals surface area contributed by atoms with Gasteiger partial charge < -0.3 is 16.0 Å². The minimum Gasteiger partial charge on any atom is -0.370 e. The number of benzene rings is 1. The van der Waals surface area contributed by atoms with Crippen molar-refractivity contribution in [1.82, 2.24) is 10.2 Å². The lowest BCUT2D eigenvalue weighted by atomic mass is 10.00. The summed E-state index contributed by atoms with van der Waals surface area (Å²) in [6, 6.07) is 8.75. The van der Waals surface area contributed by atoms with Gasteiger partial charge in [-0.2, -0.15) is 0 Å². The average Bonchev–Trinajstić information content (AvgIpc) is 3.28. The van der Waals surface area contributed by atoms with Crippen LogP contribution in [0.3, 0.4) is 0 Å². The van der Waals surface area contributed by atoms with Gasteiger partial charge in [0.15, 0.2) is 5.96 Å². The highest BCUT2D eigenvalue weighted by atomic mass is 16.2. The minimum absolute atomic E-state index is 0.0417. The summed E-state index contributed by atoms with van der Waals surface area (Å²) in [7, 11) is 0. The van der Waals surface area contributed by atoms with E-state index in [1.54, 1.807) is 0 Å². The van der Waals surface area contributed by atoms with Gasteiger partial charge in [0.25, 0.3) is 0 Å². The van der Waals surface area contributed by atoms with E-state index in [0.29, 0.717) is 18.5 Å². The molecule has 106 valence electrons. The van der Waals surface area contributed by atoms with Crippen LogP contribution in [0.1, 0.15) is 24.0 Å². The van der Waals surface area contributed by atoms with E-state index < -0.39 is 0 Å². The smallest absolute Gasteiger partial charge is 0.244 e. The molecule has 0 bridgehead atoms. The number of rotatable bonds is 3. The van der Waals surface area contributed by atoms with Crippen LogP contribution in [0.2, 0.25) is 0 Å². The molecule has 2 aliphatic rings. The summed E-state index contributed by atoms with van der Waals surface area (Å²) in [6.45, 7) is 1.58. The first-order chi connectivity index (χ1) is 9.72. The normalized spacial score (nSPS) is 18.6. The molecule has 1 heterocycles. The Labute approximate surface area is 118 Å². The number of nitrogens with one attached hydrogen (secondary N) is 1. The van der Waals surface area contributed by atoms with Gasteiger partial charge in [-0.05, 0) is 30.4 Å². The zero-order chi connectivity index (χ0) is 13.9. The molecule has 1 aliphatic carbocycles. The van der Waals surface area contributed by atoms with Crippen molar-refractivity contribution >= 4 is 11.9 Å². The topological polar surface area (TPSA) is 70.7 Å². The summed E-state index contributed by atoms with van der Waals surface area (Å²) in [5, 5.41) is 3.08. The minimum atomic E-state index is 0.0417. The van der Waals surface area contributed by atoms with Crippen molar-refractivity contribution < 1.29 is 4.79 Å². The second-order valence-corrected chi connectivity index (χ2v) is 5.45. The van der Waals surface area contributed by atoms with Crippen molar-refractivity contribution in [3.05, 3.63) is 35.4 Å². The molecule has 0 saturated heterocycles. The summed E-state index contributed by atoms with van der Waals surface area (Å²) in [4.78, 5) is 18.1. The molecule has 1 fully saturated rings. The highest BCUT2D eigenvalue weighted by Gasteiger charge is 2.22. The molecule has 0 aromatic heterocycles. The Kier molecular flexibility index (Phi) is 3.58. The van der Waals surface area contributed by atoms with E-state index >= 15 is 0 Å². The summed E-state index contributed by atoms with van der Waals surface area (Å²) in [5.41, 5.74) is 8.32. The first kappa shape index (κ1) is 13.0. The monoisotopic (exact) mass is 272 g/mol. The Balaban J connectivity index is 1.55. The number of fused-ring (bicyclic) bond motifs is 1. The first-order valence-electron chi connectivity index (χ1n) is 7.13. The average molecular weight is 272 g/mol. The van der Waals surface area contributed by atoms with Crippen molar-refractivity contribution in [2.45, 2.75) is 31.8 Å². The Morgan fingerprint density at radius 3 is 2.85 bits per heavy atom. The summed E-state index contributed by atoms with van der Waals surface area (Å²) >= 11 is 0. The fourth-order valence-corrected chi connectivity index (χ4v) is 2.44. The highest BCUT2D eigenvalue weighted by molar-refractivity contribution is 5.84. The highest BCUT2D eigenvalue weighted by Crippen LogP contribution is 2.19. The second kappa shape index (κ2) is 5.53. The van der Waals surface area contributed by atoms with Crippen LogP contribution in [0.15, 0.2) is 29.3 Å². The lowest BCUT2D eigenvalue weighted by Gasteiger charge is -2.28. The van der Waals surface area contributed by atoms with E-state index in [1.165, 1.54) is 11.1 Å². The number of nitrogens with two attached hydrogens (primary N) is 1. The molecular weight excluding hydrogens is 252 g/mol. The SMILES string of the molecule is NC(=NCC(=O)N1CCc2ccccc2C1)NC1CC1. The Morgan fingerprint density at radius 1 is 1.35 bits per heavy atom. The standard InChI is InChI=1S/C15H20N4O/c16-15(18-13-5-6-13)17-9-14(20)19-8-7-11-3-1-2-4-12(11)10-19/h1-4,13H,5-10H2,(H3,16,17,18). The molecular formula is C15H20N4O. The lowest BCUT2D eigenvalue weighted by Crippen LogP contribution is -2.39. The third kappa shape index (κ3) is 3.10. The van der Waals surface area contributed by atoms with Crippen molar-refractivity contribution in [2.75, 3.05) is 13.1 Å². The van der Waals surface area contributed by atoms with Crippen LogP contribution in [0, 0.1) is 0 Å². The van der Waals surface area contributed by atoms with Gasteiger partial charge in [0.2, 0.25) is 5.91 Å². The van der Waals surface area contributed by atoms with Crippen molar-refractivity contribution in [2.24, 2.45) is 10.7 Å². The van der Waals surface area contributed by atoms with Gasteiger partial charge in [0, 0.05) is 19.1 Å². The van der Waals surface area contributed by atoms with Crippen molar-refractivity contribution in [1.29, 1.82) is 0 Å². The number of hydrogen-bond donors (Lipinski definition) is 2. The van der Waals surface area contributed by atoms with Crippen LogP contribution in [0.5, 0.6) is 0 Å². The van der Waals surface area contributed by atoms with E-state index in [9.17, 15) is 4.79 Å². The molecule has 1 aromatic rings. The molecule has 0 radical (unpaired) electrons. The van der Waals surface area contributed by atoms with Gasteiger partial charge >= 0.3 is 0 Å². The zero-order valence-electron chi connectivity index (χ0n) is 11.5. The quantitative estimate of drug-likeness (QED) is 0.626. The maximum atomic E-state index is 12.1. The van der Waals surface area contributed by atoms with Crippen LogP contribution in [-0.2, 0) is 17.8 Å². The maximum Gasteiger partial charge on any atom is 0.244 e. The molecule has 20 heavy (non-hydrogen) atoms.